The molecule has 0 aliphatic heterocycles. The molecule has 2 aromatic rings. The number of halogens is 2. The Hall–Kier alpha value is -2.27. The van der Waals surface area contributed by atoms with Crippen LogP contribution in [0, 0.1) is 5.82 Å². The molecule has 22 heavy (non-hydrogen) atoms. The van der Waals surface area contributed by atoms with Crippen LogP contribution < -0.4 is 5.43 Å². The summed E-state index contributed by atoms with van der Waals surface area (Å²) in [5.74, 6) is -0.600. The molecule has 0 spiro atoms. The molecule has 0 atom stereocenters. The van der Waals surface area contributed by atoms with Gasteiger partial charge in [0.15, 0.2) is 0 Å². The van der Waals surface area contributed by atoms with E-state index in [0.717, 1.165) is 4.47 Å². The molecule has 0 saturated heterocycles. The largest absolute Gasteiger partial charge is 0.271 e. The third-order valence-electron chi connectivity index (χ3n) is 2.85. The monoisotopic (exact) mass is 360 g/mol. The van der Waals surface area contributed by atoms with Gasteiger partial charge in [0.25, 0.3) is 5.91 Å². The van der Waals surface area contributed by atoms with E-state index in [9.17, 15) is 9.18 Å². The summed E-state index contributed by atoms with van der Waals surface area (Å²) in [5.41, 5.74) is 4.00. The summed E-state index contributed by atoms with van der Waals surface area (Å²) in [4.78, 5) is 11.9. The molecule has 1 amide bonds. The van der Waals surface area contributed by atoms with Crippen molar-refractivity contribution in [3.05, 3.63) is 76.0 Å². The highest BCUT2D eigenvalue weighted by Crippen LogP contribution is 2.10. The molecule has 2 rings (SSSR count). The molecular weight excluding hydrogens is 347 g/mol. The van der Waals surface area contributed by atoms with Crippen LogP contribution in [0.4, 0.5) is 4.39 Å². The number of rotatable bonds is 4. The summed E-state index contributed by atoms with van der Waals surface area (Å²) in [6.45, 7) is 1.72. The number of allylic oxidation sites excluding steroid dienone is 1. The van der Waals surface area contributed by atoms with Gasteiger partial charge in [0.2, 0.25) is 0 Å². The van der Waals surface area contributed by atoms with E-state index in [0.29, 0.717) is 16.8 Å². The summed E-state index contributed by atoms with van der Waals surface area (Å²) < 4.78 is 14.3. The van der Waals surface area contributed by atoms with Crippen molar-refractivity contribution in [1.82, 2.24) is 5.43 Å². The van der Waals surface area contributed by atoms with E-state index in [1.807, 2.05) is 0 Å². The third-order valence-corrected chi connectivity index (χ3v) is 3.38. The smallest absolute Gasteiger partial charge is 0.267 e. The lowest BCUT2D eigenvalue weighted by molar-refractivity contribution is 0.0955. The molecule has 112 valence electrons. The highest BCUT2D eigenvalue weighted by Gasteiger charge is 2.03. The van der Waals surface area contributed by atoms with Gasteiger partial charge in [0.1, 0.15) is 5.82 Å². The van der Waals surface area contributed by atoms with E-state index >= 15 is 0 Å². The number of carbonyl (C=O) groups excluding carboxylic acids is 1. The van der Waals surface area contributed by atoms with Crippen LogP contribution in [0.5, 0.6) is 0 Å². The van der Waals surface area contributed by atoms with Crippen molar-refractivity contribution >= 4 is 33.6 Å². The van der Waals surface area contributed by atoms with Crippen LogP contribution in [-0.2, 0) is 0 Å². The van der Waals surface area contributed by atoms with Gasteiger partial charge in [0.05, 0.1) is 5.71 Å². The van der Waals surface area contributed by atoms with Gasteiger partial charge in [-0.1, -0.05) is 40.2 Å². The number of hydrazone groups is 1. The van der Waals surface area contributed by atoms with Crippen LogP contribution in [-0.4, -0.2) is 11.6 Å². The van der Waals surface area contributed by atoms with Crippen molar-refractivity contribution in [2.75, 3.05) is 0 Å². The standard InChI is InChI=1S/C17H14BrFN2O/c1-12(6-7-13-4-2-3-5-16(13)19)20-21-17(22)14-8-10-15(18)11-9-14/h2-11H,1H3,(H,21,22). The van der Waals surface area contributed by atoms with Gasteiger partial charge >= 0.3 is 0 Å². The number of carbonyl (C=O) groups is 1. The molecule has 0 aliphatic rings. The van der Waals surface area contributed by atoms with Gasteiger partial charge in [-0.3, -0.25) is 4.79 Å². The lowest BCUT2D eigenvalue weighted by atomic mass is 10.2. The Kier molecular flexibility index (Phi) is 5.61. The summed E-state index contributed by atoms with van der Waals surface area (Å²) in [5, 5.41) is 3.96. The number of nitrogens with zero attached hydrogens (tertiary/aromatic N) is 1. The number of hydrogen-bond acceptors (Lipinski definition) is 2. The fourth-order valence-electron chi connectivity index (χ4n) is 1.66. The average Bonchev–Trinajstić information content (AvgIpc) is 2.52. The Bertz CT molecular complexity index is 724. The van der Waals surface area contributed by atoms with E-state index in [2.05, 4.69) is 26.5 Å². The van der Waals surface area contributed by atoms with Crippen LogP contribution in [0.2, 0.25) is 0 Å². The number of hydrogen-bond donors (Lipinski definition) is 1. The fraction of sp³-hybridized carbons (Fsp3) is 0.0588. The maximum atomic E-state index is 13.4. The minimum atomic E-state index is -0.301. The number of amides is 1. The minimum Gasteiger partial charge on any atom is -0.267 e. The molecule has 0 fully saturated rings. The van der Waals surface area contributed by atoms with Crippen LogP contribution >= 0.6 is 15.9 Å². The Morgan fingerprint density at radius 2 is 1.86 bits per heavy atom. The van der Waals surface area contributed by atoms with Crippen LogP contribution in [0.3, 0.4) is 0 Å². The first-order valence-corrected chi connectivity index (χ1v) is 7.38. The summed E-state index contributed by atoms with van der Waals surface area (Å²) in [6, 6.07) is 13.4. The predicted molar refractivity (Wildman–Crippen MR) is 90.2 cm³/mol. The van der Waals surface area contributed by atoms with Crippen molar-refractivity contribution in [2.45, 2.75) is 6.92 Å². The van der Waals surface area contributed by atoms with Gasteiger partial charge in [-0.15, -0.1) is 0 Å². The summed E-state index contributed by atoms with van der Waals surface area (Å²) >= 11 is 3.31. The van der Waals surface area contributed by atoms with E-state index in [1.54, 1.807) is 61.5 Å². The molecule has 0 heterocycles. The normalized spacial score (nSPS) is 11.7. The Morgan fingerprint density at radius 1 is 1.18 bits per heavy atom. The second kappa shape index (κ2) is 7.66. The van der Waals surface area contributed by atoms with Crippen molar-refractivity contribution in [3.63, 3.8) is 0 Å². The quantitative estimate of drug-likeness (QED) is 0.636. The van der Waals surface area contributed by atoms with Gasteiger partial charge in [-0.05, 0) is 43.3 Å². The molecule has 0 bridgehead atoms. The molecule has 2 aromatic carbocycles. The third kappa shape index (κ3) is 4.63. The molecule has 0 aromatic heterocycles. The molecular formula is C17H14BrFN2O. The van der Waals surface area contributed by atoms with Gasteiger partial charge < -0.3 is 0 Å². The second-order valence-corrected chi connectivity index (χ2v) is 5.47. The summed E-state index contributed by atoms with van der Waals surface area (Å²) in [6.07, 6.45) is 3.25. The first kappa shape index (κ1) is 16.1. The van der Waals surface area contributed by atoms with E-state index in [-0.39, 0.29) is 11.7 Å². The lowest BCUT2D eigenvalue weighted by Crippen LogP contribution is -2.18. The topological polar surface area (TPSA) is 41.5 Å². The Balaban J connectivity index is 1.99. The van der Waals surface area contributed by atoms with E-state index in [4.69, 9.17) is 0 Å². The molecule has 0 radical (unpaired) electrons. The maximum Gasteiger partial charge on any atom is 0.271 e. The van der Waals surface area contributed by atoms with Crippen LogP contribution in [0.1, 0.15) is 22.8 Å². The van der Waals surface area contributed by atoms with E-state index in [1.165, 1.54) is 6.07 Å². The zero-order valence-electron chi connectivity index (χ0n) is 11.9. The average molecular weight is 361 g/mol. The molecule has 5 heteroatoms. The van der Waals surface area contributed by atoms with Crippen molar-refractivity contribution in [2.24, 2.45) is 5.10 Å². The molecule has 0 unspecified atom stereocenters. The first-order valence-electron chi connectivity index (χ1n) is 6.59. The zero-order chi connectivity index (χ0) is 15.9. The van der Waals surface area contributed by atoms with Gasteiger partial charge in [0, 0.05) is 15.6 Å². The molecule has 3 nitrogen and oxygen atoms in total. The van der Waals surface area contributed by atoms with Crippen LogP contribution in [0.25, 0.3) is 6.08 Å². The molecule has 0 aliphatic carbocycles. The summed E-state index contributed by atoms with van der Waals surface area (Å²) in [7, 11) is 0. The fourth-order valence-corrected chi connectivity index (χ4v) is 1.93. The zero-order valence-corrected chi connectivity index (χ0v) is 13.5. The first-order chi connectivity index (χ1) is 10.6. The number of benzene rings is 2. The minimum absolute atomic E-state index is 0.300. The lowest BCUT2D eigenvalue weighted by Gasteiger charge is -2.01. The Morgan fingerprint density at radius 3 is 2.55 bits per heavy atom. The van der Waals surface area contributed by atoms with Crippen molar-refractivity contribution in [3.8, 4) is 0 Å². The molecule has 1 N–H and O–H groups in total. The predicted octanol–water partition coefficient (Wildman–Crippen LogP) is 4.41. The van der Waals surface area contributed by atoms with Crippen LogP contribution in [0.15, 0.2) is 64.2 Å². The van der Waals surface area contributed by atoms with Gasteiger partial charge in [-0.2, -0.15) is 5.10 Å². The highest BCUT2D eigenvalue weighted by molar-refractivity contribution is 9.10. The second-order valence-electron chi connectivity index (χ2n) is 4.56. The highest BCUT2D eigenvalue weighted by atomic mass is 79.9. The molecule has 0 saturated carbocycles. The Labute approximate surface area is 136 Å². The van der Waals surface area contributed by atoms with Crippen molar-refractivity contribution < 1.29 is 9.18 Å². The maximum absolute atomic E-state index is 13.4. The van der Waals surface area contributed by atoms with Gasteiger partial charge in [-0.25, -0.2) is 9.82 Å². The van der Waals surface area contributed by atoms with Crippen molar-refractivity contribution in [1.29, 1.82) is 0 Å². The number of nitrogens with one attached hydrogen (secondary N) is 1. The van der Waals surface area contributed by atoms with E-state index < -0.39 is 0 Å². The SMILES string of the molecule is CC(C=Cc1ccccc1F)=NNC(=O)c1ccc(Br)cc1.